The first-order valence-corrected chi connectivity index (χ1v) is 12.5. The Morgan fingerprint density at radius 1 is 1.06 bits per heavy atom. The molecule has 0 spiro atoms. The van der Waals surface area contributed by atoms with Crippen molar-refractivity contribution in [2.45, 2.75) is 49.1 Å². The molecular weight excluding hydrogens is 410 g/mol. The third kappa shape index (κ3) is 3.67. The molecule has 2 aromatic carbocycles. The van der Waals surface area contributed by atoms with Crippen molar-refractivity contribution in [3.8, 4) is 5.69 Å². The minimum absolute atomic E-state index is 0.0843. The van der Waals surface area contributed by atoms with Crippen LogP contribution < -0.4 is 0 Å². The van der Waals surface area contributed by atoms with Gasteiger partial charge in [-0.05, 0) is 49.1 Å². The predicted molar refractivity (Wildman–Crippen MR) is 118 cm³/mol. The van der Waals surface area contributed by atoms with Gasteiger partial charge in [0.2, 0.25) is 5.91 Å². The van der Waals surface area contributed by atoms with Crippen LogP contribution in [0.5, 0.6) is 0 Å². The van der Waals surface area contributed by atoms with Crippen LogP contribution in [0.2, 0.25) is 0 Å². The molecule has 1 amide bonds. The van der Waals surface area contributed by atoms with E-state index >= 15 is 0 Å². The first-order valence-electron chi connectivity index (χ1n) is 10.6. The maximum atomic E-state index is 13.1. The summed E-state index contributed by atoms with van der Waals surface area (Å²) in [6.07, 6.45) is 7.11. The van der Waals surface area contributed by atoms with E-state index in [1.54, 1.807) is 24.3 Å². The minimum atomic E-state index is -3.23. The third-order valence-corrected chi connectivity index (χ3v) is 7.59. The van der Waals surface area contributed by atoms with E-state index < -0.39 is 9.84 Å². The van der Waals surface area contributed by atoms with E-state index in [0.29, 0.717) is 11.3 Å². The van der Waals surface area contributed by atoms with Gasteiger partial charge in [0.15, 0.2) is 9.84 Å². The zero-order valence-corrected chi connectivity index (χ0v) is 18.3. The Balaban J connectivity index is 1.37. The second-order valence-corrected chi connectivity index (χ2v) is 10.5. The van der Waals surface area contributed by atoms with Crippen LogP contribution >= 0.6 is 0 Å². The quantitative estimate of drug-likeness (QED) is 0.615. The van der Waals surface area contributed by atoms with Crippen molar-refractivity contribution >= 4 is 15.7 Å². The number of benzene rings is 2. The Kier molecular flexibility index (Phi) is 4.93. The Labute approximate surface area is 182 Å². The summed E-state index contributed by atoms with van der Waals surface area (Å²) in [4.78, 5) is 15.5. The highest BCUT2D eigenvalue weighted by molar-refractivity contribution is 7.90. The number of amides is 1. The standard InChI is InChI=1S/C24H25N3O3S/c1-31(29,30)20-11-8-18(9-12-20)27-23-15-19-10-13-22(21(23)16-25-27)26(19)24(28)14-7-17-5-3-2-4-6-17/h2-6,8-9,11-12,16,19,22H,7,10,13-15H2,1H3/t19-,22+/m0/s1. The van der Waals surface area contributed by atoms with E-state index in [0.717, 1.165) is 42.6 Å². The van der Waals surface area contributed by atoms with Crippen LogP contribution in [0.1, 0.15) is 42.1 Å². The first-order chi connectivity index (χ1) is 14.9. The van der Waals surface area contributed by atoms with Gasteiger partial charge in [-0.1, -0.05) is 30.3 Å². The molecule has 1 saturated heterocycles. The molecule has 2 atom stereocenters. The Morgan fingerprint density at radius 3 is 2.52 bits per heavy atom. The van der Waals surface area contributed by atoms with Crippen molar-refractivity contribution in [2.75, 3.05) is 6.26 Å². The molecule has 2 aliphatic rings. The van der Waals surface area contributed by atoms with Gasteiger partial charge in [-0.25, -0.2) is 13.1 Å². The van der Waals surface area contributed by atoms with Gasteiger partial charge in [0.05, 0.1) is 28.5 Å². The summed E-state index contributed by atoms with van der Waals surface area (Å²) in [7, 11) is -3.23. The van der Waals surface area contributed by atoms with Crippen molar-refractivity contribution in [1.82, 2.24) is 14.7 Å². The molecule has 2 bridgehead atoms. The number of hydrogen-bond donors (Lipinski definition) is 0. The van der Waals surface area contributed by atoms with Gasteiger partial charge in [0.1, 0.15) is 0 Å². The fourth-order valence-electron chi connectivity index (χ4n) is 4.94. The van der Waals surface area contributed by atoms with Crippen LogP contribution in [-0.4, -0.2) is 41.3 Å². The summed E-state index contributed by atoms with van der Waals surface area (Å²) < 4.78 is 25.4. The second kappa shape index (κ2) is 7.64. The molecule has 6 nitrogen and oxygen atoms in total. The molecule has 0 unspecified atom stereocenters. The lowest BCUT2D eigenvalue weighted by molar-refractivity contribution is -0.134. The average Bonchev–Trinajstić information content (AvgIpc) is 3.33. The predicted octanol–water partition coefficient (Wildman–Crippen LogP) is 3.50. The maximum Gasteiger partial charge on any atom is 0.223 e. The van der Waals surface area contributed by atoms with Gasteiger partial charge in [0.25, 0.3) is 0 Å². The lowest BCUT2D eigenvalue weighted by Crippen LogP contribution is -2.42. The van der Waals surface area contributed by atoms with Crippen LogP contribution in [0, 0.1) is 0 Å². The topological polar surface area (TPSA) is 72.3 Å². The second-order valence-electron chi connectivity index (χ2n) is 8.46. The van der Waals surface area contributed by atoms with Crippen molar-refractivity contribution < 1.29 is 13.2 Å². The molecule has 1 aromatic heterocycles. The highest BCUT2D eigenvalue weighted by Gasteiger charge is 2.44. The summed E-state index contributed by atoms with van der Waals surface area (Å²) in [5.41, 5.74) is 4.28. The van der Waals surface area contributed by atoms with Crippen LogP contribution in [0.25, 0.3) is 5.69 Å². The number of carbonyl (C=O) groups excluding carboxylic acids is 1. The number of carbonyl (C=O) groups is 1. The van der Waals surface area contributed by atoms with E-state index in [9.17, 15) is 13.2 Å². The number of hydrogen-bond acceptors (Lipinski definition) is 4. The van der Waals surface area contributed by atoms with E-state index in [-0.39, 0.29) is 18.0 Å². The Bertz CT molecular complexity index is 1220. The molecule has 0 saturated carbocycles. The molecule has 2 aliphatic heterocycles. The van der Waals surface area contributed by atoms with E-state index in [1.807, 2.05) is 29.1 Å². The number of fused-ring (bicyclic) bond motifs is 4. The average molecular weight is 436 g/mol. The maximum absolute atomic E-state index is 13.1. The third-order valence-electron chi connectivity index (χ3n) is 6.46. The van der Waals surface area contributed by atoms with Crippen LogP contribution in [0.3, 0.4) is 0 Å². The molecule has 0 N–H and O–H groups in total. The molecule has 3 heterocycles. The Morgan fingerprint density at radius 2 is 1.81 bits per heavy atom. The monoisotopic (exact) mass is 435 g/mol. The number of aromatic nitrogens is 2. The molecular formula is C24H25N3O3S. The van der Waals surface area contributed by atoms with E-state index in [2.05, 4.69) is 22.1 Å². The first kappa shape index (κ1) is 20.0. The lowest BCUT2D eigenvalue weighted by Gasteiger charge is -2.35. The summed E-state index contributed by atoms with van der Waals surface area (Å²) in [6.45, 7) is 0. The number of aryl methyl sites for hydroxylation is 1. The van der Waals surface area contributed by atoms with Crippen molar-refractivity contribution in [1.29, 1.82) is 0 Å². The summed E-state index contributed by atoms with van der Waals surface area (Å²) in [5, 5.41) is 4.60. The van der Waals surface area contributed by atoms with Crippen LogP contribution in [0.4, 0.5) is 0 Å². The fraction of sp³-hybridized carbons (Fsp3) is 0.333. The van der Waals surface area contributed by atoms with Gasteiger partial charge in [-0.2, -0.15) is 5.10 Å². The zero-order valence-electron chi connectivity index (χ0n) is 17.4. The molecule has 31 heavy (non-hydrogen) atoms. The zero-order chi connectivity index (χ0) is 21.6. The van der Waals surface area contributed by atoms with Crippen LogP contribution in [0.15, 0.2) is 65.7 Å². The summed E-state index contributed by atoms with van der Waals surface area (Å²) in [6, 6.07) is 17.2. The molecule has 1 fully saturated rings. The SMILES string of the molecule is CS(=O)(=O)c1ccc(-n2ncc3c2C[C@@H]2CC[C@H]3N2C(=O)CCc2ccccc2)cc1. The molecule has 160 valence electrons. The van der Waals surface area contributed by atoms with Crippen molar-refractivity contribution in [2.24, 2.45) is 0 Å². The fourth-order valence-corrected chi connectivity index (χ4v) is 5.57. The Hall–Kier alpha value is -2.93. The molecule has 5 rings (SSSR count). The highest BCUT2D eigenvalue weighted by atomic mass is 32.2. The van der Waals surface area contributed by atoms with Crippen LogP contribution in [-0.2, 0) is 27.5 Å². The largest absolute Gasteiger partial charge is 0.332 e. The highest BCUT2D eigenvalue weighted by Crippen LogP contribution is 2.44. The lowest BCUT2D eigenvalue weighted by atomic mass is 9.98. The molecule has 0 aliphatic carbocycles. The van der Waals surface area contributed by atoms with E-state index in [1.165, 1.54) is 11.8 Å². The van der Waals surface area contributed by atoms with Crippen molar-refractivity contribution in [3.05, 3.63) is 77.6 Å². The summed E-state index contributed by atoms with van der Waals surface area (Å²) in [5.74, 6) is 0.215. The smallest absolute Gasteiger partial charge is 0.223 e. The minimum Gasteiger partial charge on any atom is -0.332 e. The number of rotatable bonds is 5. The number of sulfone groups is 1. The van der Waals surface area contributed by atoms with Gasteiger partial charge in [0, 0.05) is 30.7 Å². The molecule has 0 radical (unpaired) electrons. The van der Waals surface area contributed by atoms with Gasteiger partial charge in [-0.15, -0.1) is 0 Å². The van der Waals surface area contributed by atoms with Crippen molar-refractivity contribution in [3.63, 3.8) is 0 Å². The van der Waals surface area contributed by atoms with Gasteiger partial charge < -0.3 is 4.90 Å². The van der Waals surface area contributed by atoms with Gasteiger partial charge >= 0.3 is 0 Å². The molecule has 7 heteroatoms. The van der Waals surface area contributed by atoms with E-state index in [4.69, 9.17) is 0 Å². The summed E-state index contributed by atoms with van der Waals surface area (Å²) >= 11 is 0. The van der Waals surface area contributed by atoms with Gasteiger partial charge in [-0.3, -0.25) is 4.79 Å². The molecule has 3 aromatic rings. The number of nitrogens with zero attached hydrogens (tertiary/aromatic N) is 3. The normalized spacial score (nSPS) is 20.0.